The van der Waals surface area contributed by atoms with Crippen LogP contribution in [0.4, 0.5) is 26.3 Å². The molecule has 0 saturated carbocycles. The molecule has 0 bridgehead atoms. The maximum atomic E-state index is 13.7. The van der Waals surface area contributed by atoms with Crippen LogP contribution in [0.1, 0.15) is 11.7 Å². The van der Waals surface area contributed by atoms with Crippen molar-refractivity contribution in [2.45, 2.75) is 22.9 Å². The highest BCUT2D eigenvalue weighted by Crippen LogP contribution is 2.53. The monoisotopic (exact) mass is 414 g/mol. The van der Waals surface area contributed by atoms with Crippen LogP contribution in [0.15, 0.2) is 35.2 Å². The van der Waals surface area contributed by atoms with Crippen molar-refractivity contribution in [3.05, 3.63) is 47.5 Å². The normalized spacial score (nSPS) is 18.3. The maximum Gasteiger partial charge on any atom is 0.429 e. The van der Waals surface area contributed by atoms with Gasteiger partial charge in [-0.05, 0) is 12.1 Å². The summed E-state index contributed by atoms with van der Waals surface area (Å²) >= 11 is 0. The van der Waals surface area contributed by atoms with Gasteiger partial charge in [0.2, 0.25) is 9.84 Å². The summed E-state index contributed by atoms with van der Waals surface area (Å²) in [6, 6.07) is 3.06. The molecular weight excluding hydrogens is 406 g/mol. The van der Waals surface area contributed by atoms with E-state index in [9.17, 15) is 39.9 Å². The smallest absolute Gasteiger partial charge is 0.429 e. The van der Waals surface area contributed by atoms with Gasteiger partial charge in [0, 0.05) is 18.2 Å². The summed E-state index contributed by atoms with van der Waals surface area (Å²) in [7, 11) is -5.37. The molecule has 27 heavy (non-hydrogen) atoms. The molecule has 1 atom stereocenters. The van der Waals surface area contributed by atoms with E-state index in [1.165, 1.54) is 0 Å². The number of hydrogen-bond donors (Lipinski definition) is 1. The van der Waals surface area contributed by atoms with Gasteiger partial charge >= 0.3 is 11.9 Å². The van der Waals surface area contributed by atoms with Gasteiger partial charge < -0.3 is 14.6 Å². The summed E-state index contributed by atoms with van der Waals surface area (Å²) < 4.78 is 112. The Morgan fingerprint density at radius 2 is 1.70 bits per heavy atom. The third kappa shape index (κ3) is 3.30. The zero-order valence-corrected chi connectivity index (χ0v) is 13.6. The van der Waals surface area contributed by atoms with E-state index in [0.717, 1.165) is 0 Å². The number of aliphatic hydroxyl groups excluding tert-OH is 1. The van der Waals surface area contributed by atoms with E-state index >= 15 is 0 Å². The van der Waals surface area contributed by atoms with Crippen LogP contribution in [-0.4, -0.2) is 25.4 Å². The minimum absolute atomic E-state index is 0.499. The predicted molar refractivity (Wildman–Crippen MR) is 76.6 cm³/mol. The molecule has 0 amide bonds. The van der Waals surface area contributed by atoms with Crippen LogP contribution in [0.3, 0.4) is 0 Å². The molecule has 0 spiro atoms. The molecule has 146 valence electrons. The third-order valence-corrected chi connectivity index (χ3v) is 4.99. The van der Waals surface area contributed by atoms with E-state index in [0.29, 0.717) is 30.3 Å². The lowest BCUT2D eigenvalue weighted by molar-refractivity contribution is -0.224. The van der Waals surface area contributed by atoms with Gasteiger partial charge in [-0.15, -0.1) is 0 Å². The highest BCUT2D eigenvalue weighted by atomic mass is 32.2. The van der Waals surface area contributed by atoms with Crippen LogP contribution < -0.4 is 9.47 Å². The lowest BCUT2D eigenvalue weighted by atomic mass is 10.1. The Morgan fingerprint density at radius 3 is 2.26 bits per heavy atom. The van der Waals surface area contributed by atoms with E-state index in [-0.39, 0.29) is 0 Å². The number of aliphatic hydroxyl groups is 1. The number of benzene rings is 2. The van der Waals surface area contributed by atoms with E-state index in [1.54, 1.807) is 0 Å². The fourth-order valence-corrected chi connectivity index (χ4v) is 3.38. The summed E-state index contributed by atoms with van der Waals surface area (Å²) in [4.78, 5) is -1.28. The highest BCUT2D eigenvalue weighted by Gasteiger charge is 2.54. The molecule has 5 nitrogen and oxygen atoms in total. The number of sulfone groups is 1. The van der Waals surface area contributed by atoms with Crippen LogP contribution in [0.2, 0.25) is 0 Å². The zero-order chi connectivity index (χ0) is 20.1. The topological polar surface area (TPSA) is 72.8 Å². The van der Waals surface area contributed by atoms with Gasteiger partial charge in [0.1, 0.15) is 17.4 Å². The van der Waals surface area contributed by atoms with Crippen molar-refractivity contribution in [3.63, 3.8) is 0 Å². The molecule has 12 heteroatoms. The van der Waals surface area contributed by atoms with E-state index < -0.39 is 67.1 Å². The average molecular weight is 414 g/mol. The first-order chi connectivity index (χ1) is 12.4. The largest absolute Gasteiger partial charge is 0.453 e. The lowest BCUT2D eigenvalue weighted by Gasteiger charge is -2.13. The second kappa shape index (κ2) is 6.30. The Balaban J connectivity index is 2.17. The van der Waals surface area contributed by atoms with Crippen molar-refractivity contribution in [3.8, 4) is 17.2 Å². The summed E-state index contributed by atoms with van der Waals surface area (Å²) in [6.07, 6.45) is -7.23. The second-order valence-electron chi connectivity index (χ2n) is 5.38. The molecule has 1 heterocycles. The summed E-state index contributed by atoms with van der Waals surface area (Å²) in [6.45, 7) is 0. The minimum atomic E-state index is -5.37. The van der Waals surface area contributed by atoms with Gasteiger partial charge in [-0.3, -0.25) is 0 Å². The van der Waals surface area contributed by atoms with Gasteiger partial charge in [-0.25, -0.2) is 17.2 Å². The van der Waals surface area contributed by atoms with Crippen molar-refractivity contribution in [1.82, 2.24) is 0 Å². The van der Waals surface area contributed by atoms with Crippen LogP contribution >= 0.6 is 0 Å². The standard InChI is InChI=1S/C15H8F6O5S/c16-6-3-7(17)5-8(4-6)25-9-1-2-10(27(23,24)14(18)19)11-12(9)26-15(20,21)13(11)22/h1-5,13-14,22H/t13-/m0/s1. The fraction of sp³-hybridized carbons (Fsp3) is 0.200. The number of fused-ring (bicyclic) bond motifs is 1. The molecule has 0 aliphatic carbocycles. The van der Waals surface area contributed by atoms with Gasteiger partial charge in [0.25, 0.3) is 0 Å². The summed E-state index contributed by atoms with van der Waals surface area (Å²) in [5.74, 6) is -8.30. The van der Waals surface area contributed by atoms with Crippen molar-refractivity contribution in [2.75, 3.05) is 0 Å². The fourth-order valence-electron chi connectivity index (χ4n) is 2.42. The van der Waals surface area contributed by atoms with Gasteiger partial charge in [-0.2, -0.15) is 17.6 Å². The summed E-state index contributed by atoms with van der Waals surface area (Å²) in [5.41, 5.74) is -1.14. The minimum Gasteiger partial charge on any atom is -0.453 e. The quantitative estimate of drug-likeness (QED) is 0.772. The van der Waals surface area contributed by atoms with Crippen LogP contribution in [0, 0.1) is 11.6 Å². The molecule has 3 rings (SSSR count). The second-order valence-corrected chi connectivity index (χ2v) is 7.27. The number of halogens is 6. The third-order valence-electron chi connectivity index (χ3n) is 3.55. The predicted octanol–water partition coefficient (Wildman–Crippen LogP) is 3.77. The highest BCUT2D eigenvalue weighted by molar-refractivity contribution is 7.91. The maximum absolute atomic E-state index is 13.7. The van der Waals surface area contributed by atoms with Gasteiger partial charge in [-0.1, -0.05) is 0 Å². The Hall–Kier alpha value is -2.47. The van der Waals surface area contributed by atoms with E-state index in [2.05, 4.69) is 4.74 Å². The van der Waals surface area contributed by atoms with E-state index in [1.807, 2.05) is 0 Å². The molecule has 2 aromatic carbocycles. The molecule has 0 fully saturated rings. The molecule has 1 aliphatic rings. The summed E-state index contributed by atoms with van der Waals surface area (Å²) in [5, 5.41) is 9.65. The molecule has 0 unspecified atom stereocenters. The van der Waals surface area contributed by atoms with Crippen LogP contribution in [0.5, 0.6) is 17.2 Å². The first-order valence-corrected chi connectivity index (χ1v) is 8.56. The molecule has 1 aliphatic heterocycles. The molecular formula is C15H8F6O5S. The zero-order valence-electron chi connectivity index (χ0n) is 12.8. The molecule has 0 radical (unpaired) electrons. The first kappa shape index (κ1) is 19.3. The van der Waals surface area contributed by atoms with Gasteiger partial charge in [0.05, 0.1) is 10.5 Å². The Bertz CT molecular complexity index is 988. The van der Waals surface area contributed by atoms with Crippen molar-refractivity contribution in [1.29, 1.82) is 0 Å². The SMILES string of the molecule is O=S(=O)(c1ccc(Oc2cc(F)cc(F)c2)c2c1[C@H](O)C(F)(F)O2)C(F)F. The average Bonchev–Trinajstić information content (AvgIpc) is 2.77. The molecule has 0 saturated heterocycles. The van der Waals surface area contributed by atoms with Crippen molar-refractivity contribution in [2.24, 2.45) is 0 Å². The van der Waals surface area contributed by atoms with Crippen molar-refractivity contribution < 1.29 is 49.3 Å². The number of ether oxygens (including phenoxy) is 2. The lowest BCUT2D eigenvalue weighted by Crippen LogP contribution is -2.27. The molecule has 1 N–H and O–H groups in total. The van der Waals surface area contributed by atoms with Crippen LogP contribution in [0.25, 0.3) is 0 Å². The number of hydrogen-bond acceptors (Lipinski definition) is 5. The Kier molecular flexibility index (Phi) is 4.50. The van der Waals surface area contributed by atoms with E-state index in [4.69, 9.17) is 4.74 Å². The number of rotatable bonds is 4. The Morgan fingerprint density at radius 1 is 1.11 bits per heavy atom. The number of alkyl halides is 4. The van der Waals surface area contributed by atoms with Crippen LogP contribution in [-0.2, 0) is 9.84 Å². The first-order valence-electron chi connectivity index (χ1n) is 7.01. The molecule has 0 aromatic heterocycles. The van der Waals surface area contributed by atoms with Gasteiger partial charge in [0.15, 0.2) is 17.6 Å². The Labute approximate surface area is 147 Å². The molecule has 2 aromatic rings. The van der Waals surface area contributed by atoms with Crippen molar-refractivity contribution >= 4 is 9.84 Å².